The predicted molar refractivity (Wildman–Crippen MR) is 130 cm³/mol. The molecule has 0 aliphatic carbocycles. The first-order valence-electron chi connectivity index (χ1n) is 11.1. The zero-order valence-corrected chi connectivity index (χ0v) is 19.9. The molecule has 1 unspecified atom stereocenters. The lowest BCUT2D eigenvalue weighted by molar-refractivity contribution is -0.123. The van der Waals surface area contributed by atoms with E-state index in [-0.39, 0.29) is 36.7 Å². The van der Waals surface area contributed by atoms with Crippen LogP contribution in [-0.4, -0.2) is 23.8 Å². The summed E-state index contributed by atoms with van der Waals surface area (Å²) in [6.07, 6.45) is 2.04. The molecule has 1 aromatic heterocycles. The minimum absolute atomic E-state index is 0.197. The van der Waals surface area contributed by atoms with Crippen LogP contribution in [0.5, 0.6) is 0 Å². The molecular formula is C26H28ClN3O4. The van der Waals surface area contributed by atoms with Crippen LogP contribution in [0.4, 0.5) is 0 Å². The molecule has 3 aromatic rings. The van der Waals surface area contributed by atoms with E-state index >= 15 is 0 Å². The number of rotatable bonds is 10. The van der Waals surface area contributed by atoms with Gasteiger partial charge in [0.15, 0.2) is 0 Å². The first kappa shape index (κ1) is 25.1. The Labute approximate surface area is 203 Å². The molecule has 1 atom stereocenters. The third-order valence-corrected chi connectivity index (χ3v) is 5.35. The van der Waals surface area contributed by atoms with Crippen molar-refractivity contribution < 1.29 is 18.8 Å². The van der Waals surface area contributed by atoms with Crippen molar-refractivity contribution in [2.24, 2.45) is 5.92 Å². The number of amides is 3. The van der Waals surface area contributed by atoms with Crippen molar-refractivity contribution in [2.45, 2.75) is 39.4 Å². The van der Waals surface area contributed by atoms with Gasteiger partial charge in [0.05, 0.1) is 12.8 Å². The zero-order chi connectivity index (χ0) is 24.5. The standard InChI is InChI=1S/C26H28ClN3O4/c1-17(2)13-23(30-25(32)19-8-10-21(27)11-9-19)26(33)28-15-18-5-3-6-20(14-18)24(31)29-16-22-7-4-12-34-22/h3-12,14,17,23H,13,15-16H2,1-2H3,(H,28,33)(H,29,31)(H,30,32). The third kappa shape index (κ3) is 7.49. The largest absolute Gasteiger partial charge is 0.467 e. The summed E-state index contributed by atoms with van der Waals surface area (Å²) in [5, 5.41) is 9.01. The van der Waals surface area contributed by atoms with Crippen molar-refractivity contribution >= 4 is 29.3 Å². The first-order chi connectivity index (χ1) is 16.3. The zero-order valence-electron chi connectivity index (χ0n) is 19.1. The van der Waals surface area contributed by atoms with E-state index in [0.717, 1.165) is 5.56 Å². The third-order valence-electron chi connectivity index (χ3n) is 5.09. The highest BCUT2D eigenvalue weighted by Crippen LogP contribution is 2.12. The minimum atomic E-state index is -0.692. The van der Waals surface area contributed by atoms with Gasteiger partial charge in [-0.3, -0.25) is 14.4 Å². The Morgan fingerprint density at radius 1 is 0.882 bits per heavy atom. The maximum Gasteiger partial charge on any atom is 0.251 e. The molecule has 3 amide bonds. The van der Waals surface area contributed by atoms with Crippen LogP contribution in [0.15, 0.2) is 71.3 Å². The lowest BCUT2D eigenvalue weighted by Crippen LogP contribution is -2.47. The van der Waals surface area contributed by atoms with E-state index in [1.807, 2.05) is 19.9 Å². The molecule has 0 aliphatic rings. The van der Waals surface area contributed by atoms with E-state index in [9.17, 15) is 14.4 Å². The molecule has 34 heavy (non-hydrogen) atoms. The molecule has 7 nitrogen and oxygen atoms in total. The molecule has 3 N–H and O–H groups in total. The van der Waals surface area contributed by atoms with Gasteiger partial charge >= 0.3 is 0 Å². The van der Waals surface area contributed by atoms with Crippen LogP contribution < -0.4 is 16.0 Å². The highest BCUT2D eigenvalue weighted by atomic mass is 35.5. The number of hydrogen-bond donors (Lipinski definition) is 3. The van der Waals surface area contributed by atoms with E-state index in [1.54, 1.807) is 60.9 Å². The number of hydrogen-bond acceptors (Lipinski definition) is 4. The molecule has 0 saturated heterocycles. The Balaban J connectivity index is 1.58. The highest BCUT2D eigenvalue weighted by Gasteiger charge is 2.22. The summed E-state index contributed by atoms with van der Waals surface area (Å²) in [7, 11) is 0. The minimum Gasteiger partial charge on any atom is -0.467 e. The second-order valence-corrected chi connectivity index (χ2v) is 8.78. The van der Waals surface area contributed by atoms with Gasteiger partial charge in [0, 0.05) is 22.7 Å². The van der Waals surface area contributed by atoms with Crippen LogP contribution in [0.1, 0.15) is 52.3 Å². The average Bonchev–Trinajstić information content (AvgIpc) is 3.34. The van der Waals surface area contributed by atoms with Crippen molar-refractivity contribution in [1.82, 2.24) is 16.0 Å². The maximum absolute atomic E-state index is 12.9. The quantitative estimate of drug-likeness (QED) is 0.401. The van der Waals surface area contributed by atoms with Gasteiger partial charge in [-0.2, -0.15) is 0 Å². The Morgan fingerprint density at radius 2 is 1.65 bits per heavy atom. The number of furan rings is 1. The van der Waals surface area contributed by atoms with Crippen LogP contribution in [-0.2, 0) is 17.9 Å². The molecule has 0 spiro atoms. The fourth-order valence-corrected chi connectivity index (χ4v) is 3.49. The second-order valence-electron chi connectivity index (χ2n) is 8.34. The topological polar surface area (TPSA) is 100 Å². The van der Waals surface area contributed by atoms with E-state index < -0.39 is 6.04 Å². The summed E-state index contributed by atoms with van der Waals surface area (Å²) in [6, 6.07) is 16.4. The monoisotopic (exact) mass is 481 g/mol. The summed E-state index contributed by atoms with van der Waals surface area (Å²) >= 11 is 5.89. The molecule has 2 aromatic carbocycles. The molecule has 8 heteroatoms. The summed E-state index contributed by atoms with van der Waals surface area (Å²) in [5.74, 6) is -0.00932. The molecule has 0 aliphatic heterocycles. The number of nitrogens with one attached hydrogen (secondary N) is 3. The maximum atomic E-state index is 12.9. The van der Waals surface area contributed by atoms with Gasteiger partial charge in [-0.25, -0.2) is 0 Å². The second kappa shape index (κ2) is 12.0. The highest BCUT2D eigenvalue weighted by molar-refractivity contribution is 6.30. The van der Waals surface area contributed by atoms with Crippen LogP contribution in [0, 0.1) is 5.92 Å². The van der Waals surface area contributed by atoms with E-state index in [2.05, 4.69) is 16.0 Å². The van der Waals surface area contributed by atoms with Crippen molar-refractivity contribution in [1.29, 1.82) is 0 Å². The van der Waals surface area contributed by atoms with Crippen molar-refractivity contribution in [3.8, 4) is 0 Å². The van der Waals surface area contributed by atoms with Gasteiger partial charge in [0.25, 0.3) is 11.8 Å². The van der Waals surface area contributed by atoms with Gasteiger partial charge in [-0.05, 0) is 66.4 Å². The van der Waals surface area contributed by atoms with E-state index in [0.29, 0.717) is 28.3 Å². The van der Waals surface area contributed by atoms with Crippen molar-refractivity contribution in [2.75, 3.05) is 0 Å². The van der Waals surface area contributed by atoms with Gasteiger partial charge in [0.2, 0.25) is 5.91 Å². The number of carbonyl (C=O) groups is 3. The molecule has 0 radical (unpaired) electrons. The molecule has 1 heterocycles. The van der Waals surface area contributed by atoms with E-state index in [1.165, 1.54) is 0 Å². The van der Waals surface area contributed by atoms with Gasteiger partial charge in [-0.15, -0.1) is 0 Å². The molecule has 0 fully saturated rings. The van der Waals surface area contributed by atoms with Crippen LogP contribution in [0.25, 0.3) is 0 Å². The summed E-state index contributed by atoms with van der Waals surface area (Å²) < 4.78 is 5.22. The number of halogens is 1. The fraction of sp³-hybridized carbons (Fsp3) is 0.269. The normalized spacial score (nSPS) is 11.6. The number of benzene rings is 2. The number of carbonyl (C=O) groups excluding carboxylic acids is 3. The van der Waals surface area contributed by atoms with Crippen molar-refractivity contribution in [3.63, 3.8) is 0 Å². The molecule has 3 rings (SSSR count). The van der Waals surface area contributed by atoms with E-state index in [4.69, 9.17) is 16.0 Å². The van der Waals surface area contributed by atoms with Gasteiger partial charge in [-0.1, -0.05) is 37.6 Å². The van der Waals surface area contributed by atoms with Crippen molar-refractivity contribution in [3.05, 3.63) is 94.4 Å². The summed E-state index contributed by atoms with van der Waals surface area (Å²) in [5.41, 5.74) is 1.68. The van der Waals surface area contributed by atoms with Crippen LogP contribution in [0.2, 0.25) is 5.02 Å². The lowest BCUT2D eigenvalue weighted by atomic mass is 10.0. The predicted octanol–water partition coefficient (Wildman–Crippen LogP) is 4.32. The molecule has 0 bridgehead atoms. The first-order valence-corrected chi connectivity index (χ1v) is 11.4. The Morgan fingerprint density at radius 3 is 2.32 bits per heavy atom. The Kier molecular flexibility index (Phi) is 8.87. The lowest BCUT2D eigenvalue weighted by Gasteiger charge is -2.20. The Bertz CT molecular complexity index is 1110. The van der Waals surface area contributed by atoms with Crippen LogP contribution >= 0.6 is 11.6 Å². The van der Waals surface area contributed by atoms with Gasteiger partial charge in [0.1, 0.15) is 11.8 Å². The summed E-state index contributed by atoms with van der Waals surface area (Å²) in [6.45, 7) is 4.49. The Hall–Kier alpha value is -3.58. The molecule has 178 valence electrons. The summed E-state index contributed by atoms with van der Waals surface area (Å²) in [4.78, 5) is 37.9. The van der Waals surface area contributed by atoms with Gasteiger partial charge < -0.3 is 20.4 Å². The SMILES string of the molecule is CC(C)CC(NC(=O)c1ccc(Cl)cc1)C(=O)NCc1cccc(C(=O)NCc2ccco2)c1. The average molecular weight is 482 g/mol. The smallest absolute Gasteiger partial charge is 0.251 e. The fourth-order valence-electron chi connectivity index (χ4n) is 3.36. The molecule has 0 saturated carbocycles. The molecular weight excluding hydrogens is 454 g/mol. The van der Waals surface area contributed by atoms with Crippen LogP contribution in [0.3, 0.4) is 0 Å².